The number of piperidine rings is 1. The maximum Gasteiger partial charge on any atom is 0.118 e. The lowest BCUT2D eigenvalue weighted by Gasteiger charge is -2.29. The molecule has 0 unspecified atom stereocenters. The van der Waals surface area contributed by atoms with Crippen molar-refractivity contribution in [3.05, 3.63) is 29.8 Å². The molecular weight excluding hydrogens is 202 g/mol. The number of likely N-dealkylation sites (tertiary alicyclic amines) is 1. The minimum Gasteiger partial charge on any atom is -0.497 e. The van der Waals surface area contributed by atoms with E-state index < -0.39 is 0 Å². The Bertz CT molecular complexity index is 315. The van der Waals surface area contributed by atoms with Crippen molar-refractivity contribution in [2.45, 2.75) is 25.5 Å². The molecule has 0 radical (unpaired) electrons. The third-order valence-corrected chi connectivity index (χ3v) is 3.12. The number of hydrogen-bond donors (Lipinski definition) is 1. The van der Waals surface area contributed by atoms with Gasteiger partial charge in [0.15, 0.2) is 0 Å². The summed E-state index contributed by atoms with van der Waals surface area (Å²) in [6, 6.07) is 8.19. The van der Waals surface area contributed by atoms with Crippen LogP contribution < -0.4 is 4.74 Å². The number of methoxy groups -OCH3 is 1. The number of hydrogen-bond acceptors (Lipinski definition) is 3. The molecule has 1 aliphatic heterocycles. The Morgan fingerprint density at radius 2 is 1.88 bits per heavy atom. The highest BCUT2D eigenvalue weighted by Gasteiger charge is 2.16. The van der Waals surface area contributed by atoms with Crippen molar-refractivity contribution < 1.29 is 9.84 Å². The van der Waals surface area contributed by atoms with Gasteiger partial charge in [-0.15, -0.1) is 0 Å². The summed E-state index contributed by atoms with van der Waals surface area (Å²) in [4.78, 5) is 2.38. The zero-order chi connectivity index (χ0) is 11.4. The fraction of sp³-hybridized carbons (Fsp3) is 0.538. The van der Waals surface area contributed by atoms with Crippen LogP contribution in [0.2, 0.25) is 0 Å². The highest BCUT2D eigenvalue weighted by atomic mass is 16.5. The average molecular weight is 221 g/mol. The molecule has 0 bridgehead atoms. The SMILES string of the molecule is COc1ccc(CN2CCC(O)CC2)cc1. The highest BCUT2D eigenvalue weighted by molar-refractivity contribution is 5.27. The maximum absolute atomic E-state index is 9.42. The Morgan fingerprint density at radius 3 is 2.44 bits per heavy atom. The van der Waals surface area contributed by atoms with Gasteiger partial charge < -0.3 is 9.84 Å². The Balaban J connectivity index is 1.88. The summed E-state index contributed by atoms with van der Waals surface area (Å²) in [6.07, 6.45) is 1.71. The van der Waals surface area contributed by atoms with Crippen LogP contribution in [0.25, 0.3) is 0 Å². The molecule has 1 aromatic carbocycles. The van der Waals surface area contributed by atoms with Crippen LogP contribution >= 0.6 is 0 Å². The molecule has 0 atom stereocenters. The van der Waals surface area contributed by atoms with E-state index in [4.69, 9.17) is 4.74 Å². The van der Waals surface area contributed by atoms with Gasteiger partial charge in [0.05, 0.1) is 13.2 Å². The van der Waals surface area contributed by atoms with E-state index in [1.807, 2.05) is 12.1 Å². The van der Waals surface area contributed by atoms with E-state index in [0.29, 0.717) is 0 Å². The summed E-state index contributed by atoms with van der Waals surface area (Å²) in [5.74, 6) is 0.901. The van der Waals surface area contributed by atoms with Crippen LogP contribution in [0.4, 0.5) is 0 Å². The van der Waals surface area contributed by atoms with Crippen molar-refractivity contribution in [3.63, 3.8) is 0 Å². The fourth-order valence-corrected chi connectivity index (χ4v) is 2.07. The Hall–Kier alpha value is -1.06. The van der Waals surface area contributed by atoms with E-state index in [0.717, 1.165) is 38.2 Å². The van der Waals surface area contributed by atoms with E-state index in [-0.39, 0.29) is 6.10 Å². The van der Waals surface area contributed by atoms with E-state index in [1.165, 1.54) is 5.56 Å². The second-order valence-electron chi connectivity index (χ2n) is 4.36. The Labute approximate surface area is 96.6 Å². The second kappa shape index (κ2) is 5.32. The summed E-state index contributed by atoms with van der Waals surface area (Å²) < 4.78 is 5.13. The van der Waals surface area contributed by atoms with Crippen molar-refractivity contribution in [1.29, 1.82) is 0 Å². The first-order valence-electron chi connectivity index (χ1n) is 5.81. The molecule has 2 rings (SSSR count). The first-order valence-corrected chi connectivity index (χ1v) is 5.81. The van der Waals surface area contributed by atoms with Crippen LogP contribution in [-0.2, 0) is 6.54 Å². The number of aliphatic hydroxyl groups is 1. The van der Waals surface area contributed by atoms with E-state index in [2.05, 4.69) is 17.0 Å². The lowest BCUT2D eigenvalue weighted by atomic mass is 10.1. The van der Waals surface area contributed by atoms with Crippen LogP contribution in [0, 0.1) is 0 Å². The first kappa shape index (κ1) is 11.4. The minimum absolute atomic E-state index is 0.0906. The maximum atomic E-state index is 9.42. The molecule has 1 fully saturated rings. The molecular formula is C13H19NO2. The fourth-order valence-electron chi connectivity index (χ4n) is 2.07. The van der Waals surface area contributed by atoms with Gasteiger partial charge in [0.2, 0.25) is 0 Å². The summed E-state index contributed by atoms with van der Waals surface area (Å²) in [6.45, 7) is 2.96. The van der Waals surface area contributed by atoms with Gasteiger partial charge in [-0.2, -0.15) is 0 Å². The Kier molecular flexibility index (Phi) is 3.80. The molecule has 1 heterocycles. The summed E-state index contributed by atoms with van der Waals surface area (Å²) in [7, 11) is 1.68. The van der Waals surface area contributed by atoms with Crippen molar-refractivity contribution in [1.82, 2.24) is 4.90 Å². The molecule has 0 amide bonds. The highest BCUT2D eigenvalue weighted by Crippen LogP contribution is 2.16. The van der Waals surface area contributed by atoms with E-state index in [1.54, 1.807) is 7.11 Å². The van der Waals surface area contributed by atoms with Gasteiger partial charge >= 0.3 is 0 Å². The molecule has 0 aromatic heterocycles. The third kappa shape index (κ3) is 2.97. The monoisotopic (exact) mass is 221 g/mol. The lowest BCUT2D eigenvalue weighted by molar-refractivity contribution is 0.0792. The predicted molar refractivity (Wildman–Crippen MR) is 63.5 cm³/mol. The largest absolute Gasteiger partial charge is 0.497 e. The molecule has 88 valence electrons. The van der Waals surface area contributed by atoms with Gasteiger partial charge in [0.1, 0.15) is 5.75 Å². The molecule has 1 N–H and O–H groups in total. The Morgan fingerprint density at radius 1 is 1.25 bits per heavy atom. The first-order chi connectivity index (χ1) is 7.78. The smallest absolute Gasteiger partial charge is 0.118 e. The zero-order valence-corrected chi connectivity index (χ0v) is 9.72. The summed E-state index contributed by atoms with van der Waals surface area (Å²) in [5.41, 5.74) is 1.30. The molecule has 1 saturated heterocycles. The summed E-state index contributed by atoms with van der Waals surface area (Å²) in [5, 5.41) is 9.42. The molecule has 0 aliphatic carbocycles. The second-order valence-corrected chi connectivity index (χ2v) is 4.36. The molecule has 16 heavy (non-hydrogen) atoms. The van der Waals surface area contributed by atoms with Gasteiger partial charge in [0, 0.05) is 19.6 Å². The molecule has 1 aliphatic rings. The summed E-state index contributed by atoms with van der Waals surface area (Å²) >= 11 is 0. The van der Waals surface area contributed by atoms with E-state index >= 15 is 0 Å². The van der Waals surface area contributed by atoms with Gasteiger partial charge in [-0.1, -0.05) is 12.1 Å². The predicted octanol–water partition coefficient (Wildman–Crippen LogP) is 1.65. The van der Waals surface area contributed by atoms with Crippen molar-refractivity contribution in [2.75, 3.05) is 20.2 Å². The van der Waals surface area contributed by atoms with Crippen LogP contribution in [0.3, 0.4) is 0 Å². The van der Waals surface area contributed by atoms with Crippen molar-refractivity contribution >= 4 is 0 Å². The molecule has 3 heteroatoms. The number of ether oxygens (including phenoxy) is 1. The van der Waals surface area contributed by atoms with Crippen molar-refractivity contribution in [2.24, 2.45) is 0 Å². The topological polar surface area (TPSA) is 32.7 Å². The standard InChI is InChI=1S/C13H19NO2/c1-16-13-4-2-11(3-5-13)10-14-8-6-12(15)7-9-14/h2-5,12,15H,6-10H2,1H3. The molecule has 3 nitrogen and oxygen atoms in total. The number of rotatable bonds is 3. The van der Waals surface area contributed by atoms with Crippen LogP contribution in [0.1, 0.15) is 18.4 Å². The number of nitrogens with zero attached hydrogens (tertiary/aromatic N) is 1. The van der Waals surface area contributed by atoms with Crippen LogP contribution in [-0.4, -0.2) is 36.3 Å². The van der Waals surface area contributed by atoms with Gasteiger partial charge in [-0.3, -0.25) is 4.90 Å². The third-order valence-electron chi connectivity index (χ3n) is 3.12. The van der Waals surface area contributed by atoms with Crippen LogP contribution in [0.5, 0.6) is 5.75 Å². The van der Waals surface area contributed by atoms with Gasteiger partial charge in [0.25, 0.3) is 0 Å². The quantitative estimate of drug-likeness (QED) is 0.842. The average Bonchev–Trinajstić information content (AvgIpc) is 2.33. The number of benzene rings is 1. The van der Waals surface area contributed by atoms with Crippen molar-refractivity contribution in [3.8, 4) is 5.75 Å². The normalized spacial score (nSPS) is 18.6. The van der Waals surface area contributed by atoms with Gasteiger partial charge in [-0.05, 0) is 30.5 Å². The minimum atomic E-state index is -0.0906. The van der Waals surface area contributed by atoms with E-state index in [9.17, 15) is 5.11 Å². The number of aliphatic hydroxyl groups excluding tert-OH is 1. The lowest BCUT2D eigenvalue weighted by Crippen LogP contribution is -2.35. The van der Waals surface area contributed by atoms with Crippen LogP contribution in [0.15, 0.2) is 24.3 Å². The van der Waals surface area contributed by atoms with Gasteiger partial charge in [-0.25, -0.2) is 0 Å². The molecule has 1 aromatic rings. The molecule has 0 spiro atoms. The zero-order valence-electron chi connectivity index (χ0n) is 9.72. The molecule has 0 saturated carbocycles.